The van der Waals surface area contributed by atoms with Crippen LogP contribution in [0.4, 0.5) is 11.4 Å². The molecule has 0 aliphatic rings. The summed E-state index contributed by atoms with van der Waals surface area (Å²) in [6, 6.07) is 5.33. The Balaban J connectivity index is 2.21. The summed E-state index contributed by atoms with van der Waals surface area (Å²) in [5.41, 5.74) is -8.84. The van der Waals surface area contributed by atoms with E-state index < -0.39 is 156 Å². The lowest BCUT2D eigenvalue weighted by Gasteiger charge is -2.35. The second kappa shape index (κ2) is 13.0. The lowest BCUT2D eigenvalue weighted by atomic mass is 10.0. The Morgan fingerprint density at radius 1 is 0.586 bits per heavy atom. The van der Waals surface area contributed by atoms with E-state index in [0.717, 1.165) is 36.0 Å². The van der Waals surface area contributed by atoms with Crippen LogP contribution in [-0.2, 0) is 67.8 Å². The van der Waals surface area contributed by atoms with E-state index >= 15 is 4.79 Å². The number of aromatic nitrogens is 3. The predicted molar refractivity (Wildman–Crippen MR) is 196 cm³/mol. The van der Waals surface area contributed by atoms with E-state index in [1.54, 1.807) is 4.98 Å². The summed E-state index contributed by atoms with van der Waals surface area (Å²) >= 11 is 0. The van der Waals surface area contributed by atoms with Gasteiger partial charge in [-0.3, -0.25) is 27.3 Å². The van der Waals surface area contributed by atoms with E-state index in [0.29, 0.717) is 31.3 Å². The molecule has 1 atom stereocenters. The Labute approximate surface area is 325 Å². The maximum Gasteiger partial charge on any atom is 0.372 e. The molecular formula is C28H23N4O20S6+. The topological polar surface area (TPSA) is 397 Å². The third-order valence-corrected chi connectivity index (χ3v) is 14.4. The SMILES string of the molecule is Cn1cccc1C(=O)[N+](C)(c1c(S(=O)(=O)O)cc2c(S(=O)(=O)O)cccc2c1S(=O)(=O)O)c1c(S(=O)(=O)O)c2[nH]c(=O)[nH]c3ccc(c2S(=O)(=O)O)c1c3S(=O)(=O)O. The van der Waals surface area contributed by atoms with Gasteiger partial charge in [0, 0.05) is 29.4 Å². The highest BCUT2D eigenvalue weighted by Crippen LogP contribution is 2.54. The van der Waals surface area contributed by atoms with Crippen molar-refractivity contribution in [3.63, 3.8) is 0 Å². The van der Waals surface area contributed by atoms with Crippen LogP contribution in [0.2, 0.25) is 0 Å². The second-order valence-electron chi connectivity index (χ2n) is 12.4. The highest BCUT2D eigenvalue weighted by Gasteiger charge is 2.54. The van der Waals surface area contributed by atoms with Gasteiger partial charge in [0.15, 0.2) is 26.1 Å². The molecule has 8 N–H and O–H groups in total. The number of carbonyl (C=O) groups excluding carboxylic acids is 1. The molecule has 0 spiro atoms. The molecule has 4 heterocycles. The molecule has 8 rings (SSSR count). The Morgan fingerprint density at radius 3 is 1.62 bits per heavy atom. The van der Waals surface area contributed by atoms with E-state index in [2.05, 4.69) is 0 Å². The highest BCUT2D eigenvalue weighted by molar-refractivity contribution is 7.88. The van der Waals surface area contributed by atoms with Crippen molar-refractivity contribution in [2.45, 2.75) is 29.4 Å². The molecule has 310 valence electrons. The van der Waals surface area contributed by atoms with Gasteiger partial charge in [-0.05, 0) is 30.3 Å². The zero-order valence-electron chi connectivity index (χ0n) is 28.4. The van der Waals surface area contributed by atoms with Crippen molar-refractivity contribution in [3.8, 4) is 0 Å². The molecule has 0 radical (unpaired) electrons. The Morgan fingerprint density at radius 2 is 1.14 bits per heavy atom. The van der Waals surface area contributed by atoms with Crippen molar-refractivity contribution in [3.05, 3.63) is 70.9 Å². The van der Waals surface area contributed by atoms with Crippen molar-refractivity contribution in [1.82, 2.24) is 19.0 Å². The molecule has 4 aromatic heterocycles. The molecule has 1 amide bonds. The third kappa shape index (κ3) is 6.71. The smallest absolute Gasteiger partial charge is 0.343 e. The first-order valence-electron chi connectivity index (χ1n) is 15.0. The van der Waals surface area contributed by atoms with Crippen molar-refractivity contribution in [2.75, 3.05) is 7.05 Å². The molecule has 58 heavy (non-hydrogen) atoms. The lowest BCUT2D eigenvalue weighted by molar-refractivity contribution is 0.0846. The zero-order chi connectivity index (χ0) is 43.7. The van der Waals surface area contributed by atoms with Crippen molar-refractivity contribution in [1.29, 1.82) is 0 Å². The van der Waals surface area contributed by atoms with Crippen LogP contribution in [0.25, 0.3) is 32.6 Å². The van der Waals surface area contributed by atoms with Gasteiger partial charge < -0.3 is 14.5 Å². The number of hydrogen-bond acceptors (Lipinski definition) is 14. The van der Waals surface area contributed by atoms with E-state index in [1.807, 2.05) is 4.98 Å². The highest BCUT2D eigenvalue weighted by atomic mass is 32.2. The van der Waals surface area contributed by atoms with Crippen LogP contribution in [0.15, 0.2) is 88.9 Å². The van der Waals surface area contributed by atoms with E-state index in [-0.39, 0.29) is 6.07 Å². The second-order valence-corrected chi connectivity index (χ2v) is 20.6. The summed E-state index contributed by atoms with van der Waals surface area (Å²) in [7, 11) is -34.8. The van der Waals surface area contributed by atoms with Crippen molar-refractivity contribution in [2.24, 2.45) is 7.05 Å². The predicted octanol–water partition coefficient (Wildman–Crippen LogP) is 1.09. The summed E-state index contributed by atoms with van der Waals surface area (Å²) < 4.78 is 221. The molecule has 4 aromatic carbocycles. The zero-order valence-corrected chi connectivity index (χ0v) is 33.3. The molecular weight excluding hydrogens is 905 g/mol. The fourth-order valence-electron chi connectivity index (χ4n) is 6.83. The van der Waals surface area contributed by atoms with Crippen LogP contribution < -0.4 is 10.2 Å². The number of H-pyrrole nitrogens is 2. The largest absolute Gasteiger partial charge is 0.372 e. The van der Waals surface area contributed by atoms with E-state index in [9.17, 15) is 82.6 Å². The number of aryl methyl sites for hydroxylation is 1. The average molecular weight is 928 g/mol. The number of hydrogen-bond donors (Lipinski definition) is 8. The first-order chi connectivity index (χ1) is 26.2. The monoisotopic (exact) mass is 927 g/mol. The number of rotatable bonds is 9. The number of aromatic amines is 2. The Bertz CT molecular complexity index is 3630. The van der Waals surface area contributed by atoms with Gasteiger partial charge in [-0.2, -0.15) is 55.0 Å². The van der Waals surface area contributed by atoms with E-state index in [4.69, 9.17) is 0 Å². The minimum absolute atomic E-state index is 0.145. The van der Waals surface area contributed by atoms with Crippen LogP contribution in [0, 0.1) is 0 Å². The standard InChI is InChI=1S/C28H22N4O20S6/c1-31-10-4-6-16(31)27(33)32(2,21-18(54(38,39)40)11-14-12(24(21)56(44,45)46)5-3-7-17(14)53(35,36)37)22-19-13-8-9-15(25(19)57(47,48)49)29-28(34)30-20(23(13)55(41,42)43)26(22)58(50,51)52/h3-11H,1-2H3,(H7-,29,30,34,35,36,37,38,39,40,41,42,43,44,45,46,47,48,49,50,51,52)/p+1. The van der Waals surface area contributed by atoms with Crippen molar-refractivity contribution < 1.29 is 82.6 Å². The van der Waals surface area contributed by atoms with Gasteiger partial charge in [0.1, 0.15) is 20.4 Å². The summed E-state index contributed by atoms with van der Waals surface area (Å²) in [4.78, 5) is 21.4. The average Bonchev–Trinajstić information content (AvgIpc) is 3.52. The minimum Gasteiger partial charge on any atom is -0.343 e. The summed E-state index contributed by atoms with van der Waals surface area (Å²) in [6.07, 6.45) is 1.12. The number of carbonyl (C=O) groups is 1. The molecule has 1 unspecified atom stereocenters. The number of quaternary nitrogens is 1. The van der Waals surface area contributed by atoms with E-state index in [1.165, 1.54) is 0 Å². The number of amides is 1. The van der Waals surface area contributed by atoms with Crippen LogP contribution in [0.3, 0.4) is 0 Å². The molecule has 0 saturated heterocycles. The Kier molecular flexibility index (Phi) is 9.57. The number of nitrogens with zero attached hydrogens (tertiary/aromatic N) is 2. The maximum atomic E-state index is 15.3. The van der Waals surface area contributed by atoms with Crippen LogP contribution >= 0.6 is 0 Å². The molecule has 8 aromatic rings. The van der Waals surface area contributed by atoms with Crippen molar-refractivity contribution >= 4 is 111 Å². The summed E-state index contributed by atoms with van der Waals surface area (Å²) in [6.45, 7) is 0. The number of benzene rings is 4. The summed E-state index contributed by atoms with van der Waals surface area (Å²) in [5, 5.41) is -5.02. The van der Waals surface area contributed by atoms with Crippen LogP contribution in [-0.4, -0.2) is 105 Å². The fraction of sp³-hybridized carbons (Fsp3) is 0.0714. The quantitative estimate of drug-likeness (QED) is 0.0743. The van der Waals surface area contributed by atoms with Gasteiger partial charge in [0.25, 0.3) is 30.4 Å². The fourth-order valence-corrected chi connectivity index (χ4v) is 12.1. The lowest BCUT2D eigenvalue weighted by Crippen LogP contribution is -2.49. The molecule has 4 bridgehead atoms. The van der Waals surface area contributed by atoms with Crippen LogP contribution in [0.5, 0.6) is 0 Å². The van der Waals surface area contributed by atoms with Gasteiger partial charge in [-0.1, -0.05) is 18.2 Å². The van der Waals surface area contributed by atoms with Gasteiger partial charge in [0.05, 0.1) is 23.5 Å². The van der Waals surface area contributed by atoms with Gasteiger partial charge in [-0.15, -0.1) is 0 Å². The number of nitrogens with one attached hydrogen (secondary N) is 2. The van der Waals surface area contributed by atoms with Gasteiger partial charge in [-0.25, -0.2) is 9.59 Å². The molecule has 0 fully saturated rings. The Hall–Kier alpha value is -4.96. The molecule has 0 aliphatic carbocycles. The molecule has 24 nitrogen and oxygen atoms in total. The van der Waals surface area contributed by atoms with Crippen LogP contribution in [0.1, 0.15) is 10.5 Å². The third-order valence-electron chi connectivity index (χ3n) is 8.88. The number of fused-ring (bicyclic) bond motifs is 3. The van der Waals surface area contributed by atoms with Gasteiger partial charge in [0.2, 0.25) is 0 Å². The molecule has 0 saturated carbocycles. The minimum atomic E-state index is -6.40. The normalized spacial score (nSPS) is 14.6. The maximum absolute atomic E-state index is 15.3. The molecule has 0 aliphatic heterocycles. The molecule has 30 heteroatoms. The first-order valence-corrected chi connectivity index (χ1v) is 23.6. The summed E-state index contributed by atoms with van der Waals surface area (Å²) in [5.74, 6) is -1.81. The first kappa shape index (κ1) is 42.6. The van der Waals surface area contributed by atoms with Gasteiger partial charge >= 0.3 is 42.0 Å².